The van der Waals surface area contributed by atoms with Crippen molar-refractivity contribution >= 4 is 5.97 Å². The van der Waals surface area contributed by atoms with Crippen LogP contribution in [0.15, 0.2) is 30.3 Å². The van der Waals surface area contributed by atoms with Gasteiger partial charge in [-0.2, -0.15) is 0 Å². The molecule has 0 radical (unpaired) electrons. The molecule has 1 aromatic carbocycles. The Balaban J connectivity index is 2.13. The van der Waals surface area contributed by atoms with Crippen LogP contribution in [0.2, 0.25) is 0 Å². The second kappa shape index (κ2) is 4.40. The van der Waals surface area contributed by atoms with Gasteiger partial charge in [-0.25, -0.2) is 0 Å². The summed E-state index contributed by atoms with van der Waals surface area (Å²) in [4.78, 5) is 11.0. The van der Waals surface area contributed by atoms with Gasteiger partial charge in [0.15, 0.2) is 5.60 Å². The Morgan fingerprint density at radius 2 is 2.00 bits per heavy atom. The predicted octanol–water partition coefficient (Wildman–Crippen LogP) is 2.52. The van der Waals surface area contributed by atoms with E-state index in [9.17, 15) is 4.79 Å². The van der Waals surface area contributed by atoms with Crippen LogP contribution < -0.4 is 0 Å². The van der Waals surface area contributed by atoms with E-state index in [1.807, 2.05) is 30.3 Å². The quantitative estimate of drug-likeness (QED) is 0.530. The van der Waals surface area contributed by atoms with Gasteiger partial charge in [0.05, 0.1) is 0 Å². The second-order valence-electron chi connectivity index (χ2n) is 4.06. The second-order valence-corrected chi connectivity index (χ2v) is 4.06. The van der Waals surface area contributed by atoms with Crippen LogP contribution in [0, 0.1) is 11.8 Å². The van der Waals surface area contributed by atoms with Crippen molar-refractivity contribution in [3.05, 3.63) is 35.9 Å². The number of benzene rings is 1. The van der Waals surface area contributed by atoms with Crippen LogP contribution in [0.1, 0.15) is 31.7 Å². The summed E-state index contributed by atoms with van der Waals surface area (Å²) in [6.07, 6.45) is 2.79. The molecular weight excluding hydrogens is 200 g/mol. The Labute approximate surface area is 95.6 Å². The number of rotatable bonds is 1. The average Bonchev–Trinajstić information content (AvgIpc) is 2.23. The Bertz CT molecular complexity index is 433. The van der Waals surface area contributed by atoms with Gasteiger partial charge in [-0.15, -0.1) is 0 Å². The molecule has 0 saturated heterocycles. The average molecular weight is 214 g/mol. The Hall–Kier alpha value is -1.75. The van der Waals surface area contributed by atoms with Crippen molar-refractivity contribution in [2.24, 2.45) is 0 Å². The normalized spacial score (nSPS) is 16.6. The van der Waals surface area contributed by atoms with Crippen molar-refractivity contribution in [3.8, 4) is 11.8 Å². The molecule has 0 spiro atoms. The van der Waals surface area contributed by atoms with Crippen LogP contribution in [-0.2, 0) is 9.53 Å². The molecule has 1 fully saturated rings. The van der Waals surface area contributed by atoms with E-state index in [-0.39, 0.29) is 5.97 Å². The fraction of sp³-hybridized carbons (Fsp3) is 0.357. The lowest BCUT2D eigenvalue weighted by Crippen LogP contribution is -2.40. The van der Waals surface area contributed by atoms with E-state index < -0.39 is 5.60 Å². The van der Waals surface area contributed by atoms with E-state index in [2.05, 4.69) is 11.8 Å². The number of carbonyl (C=O) groups is 1. The summed E-state index contributed by atoms with van der Waals surface area (Å²) in [6.45, 7) is 1.43. The number of hydrogen-bond donors (Lipinski definition) is 0. The van der Waals surface area contributed by atoms with E-state index in [0.29, 0.717) is 0 Å². The van der Waals surface area contributed by atoms with Gasteiger partial charge in [-0.05, 0) is 37.3 Å². The first-order valence-corrected chi connectivity index (χ1v) is 5.48. The van der Waals surface area contributed by atoms with Crippen molar-refractivity contribution in [3.63, 3.8) is 0 Å². The van der Waals surface area contributed by atoms with Gasteiger partial charge in [-0.1, -0.05) is 24.1 Å². The fourth-order valence-corrected chi connectivity index (χ4v) is 1.73. The van der Waals surface area contributed by atoms with Crippen LogP contribution in [-0.4, -0.2) is 11.6 Å². The van der Waals surface area contributed by atoms with Gasteiger partial charge in [0, 0.05) is 12.5 Å². The lowest BCUT2D eigenvalue weighted by molar-refractivity contribution is -0.157. The maximum absolute atomic E-state index is 11.0. The van der Waals surface area contributed by atoms with Gasteiger partial charge in [0.25, 0.3) is 0 Å². The molecule has 0 amide bonds. The minimum atomic E-state index is -0.512. The first-order valence-electron chi connectivity index (χ1n) is 5.48. The SMILES string of the molecule is CC(=O)OC1(C#Cc2ccccc2)CCC1. The van der Waals surface area contributed by atoms with Crippen LogP contribution in [0.5, 0.6) is 0 Å². The van der Waals surface area contributed by atoms with Crippen LogP contribution in [0.4, 0.5) is 0 Å². The van der Waals surface area contributed by atoms with Gasteiger partial charge < -0.3 is 4.74 Å². The molecule has 2 nitrogen and oxygen atoms in total. The molecular formula is C14H14O2. The molecule has 0 aromatic heterocycles. The topological polar surface area (TPSA) is 26.3 Å². The number of esters is 1. The van der Waals surface area contributed by atoms with E-state index in [1.54, 1.807) is 0 Å². The highest BCUT2D eigenvalue weighted by atomic mass is 16.6. The Morgan fingerprint density at radius 1 is 1.31 bits per heavy atom. The number of hydrogen-bond acceptors (Lipinski definition) is 2. The lowest BCUT2D eigenvalue weighted by atomic mass is 9.80. The van der Waals surface area contributed by atoms with Crippen molar-refractivity contribution in [2.75, 3.05) is 0 Å². The van der Waals surface area contributed by atoms with Crippen molar-refractivity contribution in [2.45, 2.75) is 31.8 Å². The summed E-state index contributed by atoms with van der Waals surface area (Å²) in [5.41, 5.74) is 0.447. The zero-order chi connectivity index (χ0) is 11.4. The summed E-state index contributed by atoms with van der Waals surface area (Å²) in [6, 6.07) is 9.75. The first-order chi connectivity index (χ1) is 7.70. The molecule has 16 heavy (non-hydrogen) atoms. The smallest absolute Gasteiger partial charge is 0.304 e. The molecule has 1 aromatic rings. The van der Waals surface area contributed by atoms with Gasteiger partial charge in [0.1, 0.15) is 0 Å². The van der Waals surface area contributed by atoms with Gasteiger partial charge in [-0.3, -0.25) is 4.79 Å². The molecule has 0 unspecified atom stereocenters. The third kappa shape index (κ3) is 2.43. The van der Waals surface area contributed by atoms with E-state index in [0.717, 1.165) is 24.8 Å². The highest BCUT2D eigenvalue weighted by Crippen LogP contribution is 2.35. The predicted molar refractivity (Wildman–Crippen MR) is 61.7 cm³/mol. The first kappa shape index (κ1) is 10.8. The molecule has 0 aliphatic heterocycles. The summed E-state index contributed by atoms with van der Waals surface area (Å²) in [5, 5.41) is 0. The van der Waals surface area contributed by atoms with Crippen LogP contribution >= 0.6 is 0 Å². The molecule has 2 heteroatoms. The van der Waals surface area contributed by atoms with Gasteiger partial charge in [0.2, 0.25) is 0 Å². The molecule has 2 rings (SSSR count). The molecule has 1 saturated carbocycles. The lowest BCUT2D eigenvalue weighted by Gasteiger charge is -2.35. The molecule has 0 atom stereocenters. The monoisotopic (exact) mass is 214 g/mol. The number of ether oxygens (including phenoxy) is 1. The van der Waals surface area contributed by atoms with Crippen molar-refractivity contribution in [1.82, 2.24) is 0 Å². The van der Waals surface area contributed by atoms with E-state index in [4.69, 9.17) is 4.74 Å². The highest BCUT2D eigenvalue weighted by Gasteiger charge is 2.38. The molecule has 0 bridgehead atoms. The maximum Gasteiger partial charge on any atom is 0.304 e. The minimum Gasteiger partial charge on any atom is -0.446 e. The fourth-order valence-electron chi connectivity index (χ4n) is 1.73. The van der Waals surface area contributed by atoms with Gasteiger partial charge >= 0.3 is 5.97 Å². The maximum atomic E-state index is 11.0. The zero-order valence-corrected chi connectivity index (χ0v) is 9.32. The summed E-state index contributed by atoms with van der Waals surface area (Å²) >= 11 is 0. The third-order valence-corrected chi connectivity index (χ3v) is 2.71. The van der Waals surface area contributed by atoms with Crippen molar-refractivity contribution in [1.29, 1.82) is 0 Å². The molecule has 0 N–H and O–H groups in total. The molecule has 0 heterocycles. The Kier molecular flexibility index (Phi) is 2.96. The third-order valence-electron chi connectivity index (χ3n) is 2.71. The summed E-state index contributed by atoms with van der Waals surface area (Å²) in [7, 11) is 0. The standard InChI is InChI=1S/C14H14O2/c1-12(15)16-14(9-5-10-14)11-8-13-6-3-2-4-7-13/h2-4,6-7H,5,9-10H2,1H3. The van der Waals surface area contributed by atoms with Crippen molar-refractivity contribution < 1.29 is 9.53 Å². The molecule has 1 aliphatic rings. The van der Waals surface area contributed by atoms with E-state index in [1.165, 1.54) is 6.92 Å². The van der Waals surface area contributed by atoms with Crippen LogP contribution in [0.25, 0.3) is 0 Å². The summed E-state index contributed by atoms with van der Waals surface area (Å²) in [5.74, 6) is 5.90. The number of carbonyl (C=O) groups excluding carboxylic acids is 1. The molecule has 82 valence electrons. The minimum absolute atomic E-state index is 0.248. The highest BCUT2D eigenvalue weighted by molar-refractivity contribution is 5.67. The Morgan fingerprint density at radius 3 is 2.50 bits per heavy atom. The summed E-state index contributed by atoms with van der Waals surface area (Å²) < 4.78 is 5.28. The molecule has 1 aliphatic carbocycles. The zero-order valence-electron chi connectivity index (χ0n) is 9.32. The van der Waals surface area contributed by atoms with Crippen LogP contribution in [0.3, 0.4) is 0 Å². The van der Waals surface area contributed by atoms with E-state index >= 15 is 0 Å². The largest absolute Gasteiger partial charge is 0.446 e.